The number of benzene rings is 1. The molecule has 7 nitrogen and oxygen atoms in total. The van der Waals surface area contributed by atoms with E-state index < -0.39 is 0 Å². The van der Waals surface area contributed by atoms with Crippen LogP contribution in [0.1, 0.15) is 23.4 Å². The van der Waals surface area contributed by atoms with Gasteiger partial charge in [0.2, 0.25) is 5.91 Å². The minimum Gasteiger partial charge on any atom is -0.497 e. The fourth-order valence-corrected chi connectivity index (χ4v) is 3.37. The van der Waals surface area contributed by atoms with E-state index in [2.05, 4.69) is 20.2 Å². The summed E-state index contributed by atoms with van der Waals surface area (Å²) < 4.78 is 5.32. The maximum atomic E-state index is 12.7. The topological polar surface area (TPSA) is 84.0 Å². The summed E-state index contributed by atoms with van der Waals surface area (Å²) in [4.78, 5) is 22.9. The Balaban J connectivity index is 1.49. The summed E-state index contributed by atoms with van der Waals surface area (Å²) in [5.74, 6) is 0.918. The van der Waals surface area contributed by atoms with Crippen molar-refractivity contribution in [1.29, 1.82) is 0 Å². The molecule has 0 bridgehead atoms. The smallest absolute Gasteiger partial charge is 0.223 e. The van der Waals surface area contributed by atoms with Crippen LogP contribution in [0, 0.1) is 0 Å². The first-order valence-corrected chi connectivity index (χ1v) is 8.98. The zero-order chi connectivity index (χ0) is 18.6. The maximum absolute atomic E-state index is 12.7. The Morgan fingerprint density at radius 2 is 2.26 bits per heavy atom. The number of nitrogens with one attached hydrogen (secondary N) is 1. The summed E-state index contributed by atoms with van der Waals surface area (Å²) in [7, 11) is 1.65. The van der Waals surface area contributed by atoms with Gasteiger partial charge in [0, 0.05) is 61.3 Å². The van der Waals surface area contributed by atoms with Crippen molar-refractivity contribution in [3.8, 4) is 17.0 Å². The molecule has 2 aromatic heterocycles. The molecule has 0 unspecified atom stereocenters. The van der Waals surface area contributed by atoms with Crippen molar-refractivity contribution in [2.75, 3.05) is 13.7 Å². The fourth-order valence-electron chi connectivity index (χ4n) is 3.37. The molecule has 3 aromatic rings. The predicted octanol–water partition coefficient (Wildman–Crippen LogP) is 2.39. The molecule has 0 fully saturated rings. The Kier molecular flexibility index (Phi) is 4.82. The molecule has 1 aliphatic rings. The lowest BCUT2D eigenvalue weighted by Gasteiger charge is -2.27. The van der Waals surface area contributed by atoms with Gasteiger partial charge in [0.25, 0.3) is 0 Å². The van der Waals surface area contributed by atoms with Crippen LogP contribution in [0.5, 0.6) is 5.75 Å². The number of ether oxygens (including phenoxy) is 1. The quantitative estimate of drug-likeness (QED) is 0.752. The first-order chi connectivity index (χ1) is 13.2. The summed E-state index contributed by atoms with van der Waals surface area (Å²) in [6.45, 7) is 1.27. The maximum Gasteiger partial charge on any atom is 0.223 e. The third kappa shape index (κ3) is 3.67. The second-order valence-corrected chi connectivity index (χ2v) is 6.52. The average Bonchev–Trinajstić information content (AvgIpc) is 3.16. The summed E-state index contributed by atoms with van der Waals surface area (Å²) in [5.41, 5.74) is 4.90. The predicted molar refractivity (Wildman–Crippen MR) is 100 cm³/mol. The fraction of sp³-hybridized carbons (Fsp3) is 0.300. The van der Waals surface area contributed by atoms with Crippen LogP contribution in [-0.4, -0.2) is 44.6 Å². The van der Waals surface area contributed by atoms with Crippen LogP contribution in [0.25, 0.3) is 11.3 Å². The Bertz CT molecular complexity index is 939. The number of aryl methyl sites for hydroxylation is 1. The van der Waals surface area contributed by atoms with Crippen LogP contribution in [0.2, 0.25) is 0 Å². The van der Waals surface area contributed by atoms with Gasteiger partial charge in [0.05, 0.1) is 18.5 Å². The Morgan fingerprint density at radius 1 is 1.33 bits per heavy atom. The minimum atomic E-state index is 0.129. The van der Waals surface area contributed by atoms with Crippen LogP contribution in [0.4, 0.5) is 0 Å². The first kappa shape index (κ1) is 17.2. The molecule has 27 heavy (non-hydrogen) atoms. The summed E-state index contributed by atoms with van der Waals surface area (Å²) in [5, 5.41) is 7.63. The second-order valence-electron chi connectivity index (χ2n) is 6.52. The molecule has 138 valence electrons. The average molecular weight is 363 g/mol. The van der Waals surface area contributed by atoms with Crippen LogP contribution in [0.3, 0.4) is 0 Å². The number of hydrogen-bond donors (Lipinski definition) is 1. The van der Waals surface area contributed by atoms with Gasteiger partial charge in [-0.3, -0.25) is 19.9 Å². The number of rotatable bonds is 5. The highest BCUT2D eigenvalue weighted by molar-refractivity contribution is 5.77. The number of amides is 1. The Morgan fingerprint density at radius 3 is 3.07 bits per heavy atom. The lowest BCUT2D eigenvalue weighted by atomic mass is 10.0. The minimum absolute atomic E-state index is 0.129. The highest BCUT2D eigenvalue weighted by Gasteiger charge is 2.25. The van der Waals surface area contributed by atoms with Gasteiger partial charge in [-0.25, -0.2) is 0 Å². The molecule has 1 aromatic carbocycles. The third-order valence-electron chi connectivity index (χ3n) is 4.84. The molecular weight excluding hydrogens is 342 g/mol. The van der Waals surface area contributed by atoms with E-state index in [1.165, 1.54) is 0 Å². The van der Waals surface area contributed by atoms with Gasteiger partial charge in [-0.2, -0.15) is 5.10 Å². The van der Waals surface area contributed by atoms with Gasteiger partial charge in [0.1, 0.15) is 5.75 Å². The molecule has 1 N–H and O–H groups in total. The van der Waals surface area contributed by atoms with Gasteiger partial charge in [-0.1, -0.05) is 12.1 Å². The van der Waals surface area contributed by atoms with Gasteiger partial charge in [0.15, 0.2) is 0 Å². The lowest BCUT2D eigenvalue weighted by molar-refractivity contribution is -0.132. The molecule has 1 amide bonds. The molecule has 0 saturated carbocycles. The van der Waals surface area contributed by atoms with Crippen LogP contribution in [-0.2, 0) is 24.2 Å². The van der Waals surface area contributed by atoms with E-state index in [0.29, 0.717) is 25.9 Å². The number of carbonyl (C=O) groups is 1. The SMILES string of the molecule is COc1cccc(-c2n[nH]c3c2CN(C(=O)CCc2cnccn2)CC3)c1. The largest absolute Gasteiger partial charge is 0.497 e. The molecule has 0 radical (unpaired) electrons. The van der Waals surface area contributed by atoms with E-state index in [1.807, 2.05) is 29.2 Å². The number of nitrogens with zero attached hydrogens (tertiary/aromatic N) is 4. The van der Waals surface area contributed by atoms with Gasteiger partial charge in [-0.15, -0.1) is 0 Å². The van der Waals surface area contributed by atoms with Gasteiger partial charge < -0.3 is 9.64 Å². The molecule has 0 aliphatic carbocycles. The zero-order valence-electron chi connectivity index (χ0n) is 15.2. The monoisotopic (exact) mass is 363 g/mol. The highest BCUT2D eigenvalue weighted by Crippen LogP contribution is 2.30. The van der Waals surface area contributed by atoms with Crippen LogP contribution in [0.15, 0.2) is 42.9 Å². The van der Waals surface area contributed by atoms with Crippen molar-refractivity contribution in [3.05, 3.63) is 59.8 Å². The number of H-pyrrole nitrogens is 1. The van der Waals surface area contributed by atoms with Crippen molar-refractivity contribution in [2.24, 2.45) is 0 Å². The normalized spacial score (nSPS) is 13.3. The summed E-state index contributed by atoms with van der Waals surface area (Å²) >= 11 is 0. The number of methoxy groups -OCH3 is 1. The van der Waals surface area contributed by atoms with Gasteiger partial charge >= 0.3 is 0 Å². The van der Waals surface area contributed by atoms with Crippen LogP contribution >= 0.6 is 0 Å². The standard InChI is InChI=1S/C20H21N5O2/c1-27-16-4-2-3-14(11-16)20-17-13-25(10-7-18(17)23-24-20)19(26)6-5-15-12-21-8-9-22-15/h2-4,8-9,11-12H,5-7,10,13H2,1H3,(H,23,24). The highest BCUT2D eigenvalue weighted by atomic mass is 16.5. The van der Waals surface area contributed by atoms with E-state index in [1.54, 1.807) is 25.7 Å². The van der Waals surface area contributed by atoms with E-state index >= 15 is 0 Å². The number of aromatic nitrogens is 4. The second kappa shape index (κ2) is 7.57. The molecule has 4 rings (SSSR count). The van der Waals surface area contributed by atoms with E-state index in [-0.39, 0.29) is 5.91 Å². The molecule has 1 aliphatic heterocycles. The van der Waals surface area contributed by atoms with Crippen molar-refractivity contribution in [2.45, 2.75) is 25.8 Å². The number of aromatic amines is 1. The Labute approximate surface area is 157 Å². The molecule has 0 saturated heterocycles. The third-order valence-corrected chi connectivity index (χ3v) is 4.84. The molecule has 3 heterocycles. The van der Waals surface area contributed by atoms with Crippen molar-refractivity contribution in [1.82, 2.24) is 25.1 Å². The number of fused-ring (bicyclic) bond motifs is 1. The number of carbonyl (C=O) groups excluding carboxylic acids is 1. The van der Waals surface area contributed by atoms with Crippen molar-refractivity contribution in [3.63, 3.8) is 0 Å². The van der Waals surface area contributed by atoms with Crippen molar-refractivity contribution >= 4 is 5.91 Å². The lowest BCUT2D eigenvalue weighted by Crippen LogP contribution is -2.36. The zero-order valence-corrected chi connectivity index (χ0v) is 15.2. The number of hydrogen-bond acceptors (Lipinski definition) is 5. The molecular formula is C20H21N5O2. The molecule has 0 spiro atoms. The first-order valence-electron chi connectivity index (χ1n) is 8.98. The molecule has 7 heteroatoms. The van der Waals surface area contributed by atoms with Crippen molar-refractivity contribution < 1.29 is 9.53 Å². The van der Waals surface area contributed by atoms with Crippen LogP contribution < -0.4 is 4.74 Å². The summed E-state index contributed by atoms with van der Waals surface area (Å²) in [6.07, 6.45) is 6.81. The van der Waals surface area contributed by atoms with E-state index in [0.717, 1.165) is 40.4 Å². The van der Waals surface area contributed by atoms with Gasteiger partial charge in [-0.05, 0) is 18.6 Å². The molecule has 0 atom stereocenters. The van der Waals surface area contributed by atoms with E-state index in [4.69, 9.17) is 4.74 Å². The summed E-state index contributed by atoms with van der Waals surface area (Å²) in [6, 6.07) is 7.83. The van der Waals surface area contributed by atoms with E-state index in [9.17, 15) is 4.79 Å². The Hall–Kier alpha value is -3.22.